The van der Waals surface area contributed by atoms with Gasteiger partial charge >= 0.3 is 6.18 Å². The second kappa shape index (κ2) is 11.5. The van der Waals surface area contributed by atoms with Crippen molar-refractivity contribution in [3.05, 3.63) is 83.2 Å². The van der Waals surface area contributed by atoms with Gasteiger partial charge in [0, 0.05) is 37.6 Å². The van der Waals surface area contributed by atoms with Crippen LogP contribution in [0.25, 0.3) is 0 Å². The molecule has 1 fully saturated rings. The van der Waals surface area contributed by atoms with E-state index < -0.39 is 35.1 Å². The van der Waals surface area contributed by atoms with Crippen LogP contribution in [-0.4, -0.2) is 40.0 Å². The third-order valence-electron chi connectivity index (χ3n) is 5.94. The normalized spacial score (nSPS) is 14.1. The fraction of sp³-hybridized carbons (Fsp3) is 0.231. The van der Waals surface area contributed by atoms with Gasteiger partial charge in [0.1, 0.15) is 11.9 Å². The molecule has 1 aliphatic heterocycles. The molecule has 2 aromatic heterocycles. The Hall–Kier alpha value is -4.44. The maximum Gasteiger partial charge on any atom is 0.419 e. The van der Waals surface area contributed by atoms with Crippen molar-refractivity contribution in [1.82, 2.24) is 15.3 Å². The fourth-order valence-corrected chi connectivity index (χ4v) is 4.42. The fourth-order valence-electron chi connectivity index (χ4n) is 4.02. The van der Waals surface area contributed by atoms with Gasteiger partial charge in [0.15, 0.2) is 10.8 Å². The topological polar surface area (TPSA) is 102 Å². The maximum absolute atomic E-state index is 14.6. The molecule has 0 atom stereocenters. The standard InChI is InChI=1S/C26H20F4N6O2S/c27-21-4-3-17(12-19(21)24(38)33-10-7-16-5-8-32-9-6-16)35-11-1-2-23(37)36(25(35)39)18-13-20(26(28,29)30)22(14-31)34-15-18/h3-6,8-9,12-13,15H,1-2,7,10-11H2,(H,33,38). The predicted molar refractivity (Wildman–Crippen MR) is 137 cm³/mol. The number of nitriles is 1. The van der Waals surface area contributed by atoms with Crippen LogP contribution in [0.2, 0.25) is 0 Å². The Bertz CT molecular complexity index is 1460. The molecule has 1 N–H and O–H groups in total. The van der Waals surface area contributed by atoms with Crippen molar-refractivity contribution >= 4 is 40.5 Å². The van der Waals surface area contributed by atoms with Crippen molar-refractivity contribution in [3.8, 4) is 6.07 Å². The number of anilines is 2. The second-order valence-corrected chi connectivity index (χ2v) is 8.86. The average molecular weight is 557 g/mol. The van der Waals surface area contributed by atoms with E-state index in [0.717, 1.165) is 22.7 Å². The Morgan fingerprint density at radius 3 is 2.59 bits per heavy atom. The summed E-state index contributed by atoms with van der Waals surface area (Å²) in [6.07, 6.45) is 0.0698. The number of carbonyl (C=O) groups is 2. The summed E-state index contributed by atoms with van der Waals surface area (Å²) in [5, 5.41) is 11.5. The van der Waals surface area contributed by atoms with Gasteiger partial charge in [-0.05, 0) is 67.0 Å². The zero-order valence-electron chi connectivity index (χ0n) is 20.2. The molecule has 200 valence electrons. The lowest BCUT2D eigenvalue weighted by Crippen LogP contribution is -2.44. The first-order chi connectivity index (χ1) is 18.6. The molecule has 4 rings (SSSR count). The summed E-state index contributed by atoms with van der Waals surface area (Å²) in [4.78, 5) is 35.5. The number of hydrogen-bond donors (Lipinski definition) is 1. The van der Waals surface area contributed by atoms with E-state index in [1.807, 2.05) is 0 Å². The molecule has 3 aromatic rings. The molecule has 0 saturated carbocycles. The lowest BCUT2D eigenvalue weighted by molar-refractivity contribution is -0.138. The highest BCUT2D eigenvalue weighted by Crippen LogP contribution is 2.34. The molecule has 0 unspecified atom stereocenters. The maximum atomic E-state index is 14.6. The zero-order valence-corrected chi connectivity index (χ0v) is 21.0. The predicted octanol–water partition coefficient (Wildman–Crippen LogP) is 4.40. The third-order valence-corrected chi connectivity index (χ3v) is 6.34. The van der Waals surface area contributed by atoms with Crippen LogP contribution in [0.4, 0.5) is 28.9 Å². The van der Waals surface area contributed by atoms with Crippen LogP contribution in [0.5, 0.6) is 0 Å². The van der Waals surface area contributed by atoms with Crippen LogP contribution in [0.3, 0.4) is 0 Å². The van der Waals surface area contributed by atoms with Gasteiger partial charge in [0.2, 0.25) is 5.91 Å². The second-order valence-electron chi connectivity index (χ2n) is 8.49. The largest absolute Gasteiger partial charge is 0.419 e. The molecule has 0 radical (unpaired) electrons. The summed E-state index contributed by atoms with van der Waals surface area (Å²) >= 11 is 5.50. The van der Waals surface area contributed by atoms with E-state index in [9.17, 15) is 27.2 Å². The number of nitrogens with zero attached hydrogens (tertiary/aromatic N) is 5. The van der Waals surface area contributed by atoms with E-state index in [4.69, 9.17) is 17.5 Å². The van der Waals surface area contributed by atoms with Crippen LogP contribution in [0.15, 0.2) is 55.0 Å². The summed E-state index contributed by atoms with van der Waals surface area (Å²) in [5.41, 5.74) is -1.45. The number of hydrogen-bond acceptors (Lipinski definition) is 6. The molecule has 8 nitrogen and oxygen atoms in total. The number of nitrogens with one attached hydrogen (secondary N) is 1. The minimum Gasteiger partial charge on any atom is -0.352 e. The van der Waals surface area contributed by atoms with Gasteiger partial charge < -0.3 is 10.2 Å². The highest BCUT2D eigenvalue weighted by Gasteiger charge is 2.37. The van der Waals surface area contributed by atoms with Gasteiger partial charge in [-0.25, -0.2) is 9.37 Å². The van der Waals surface area contributed by atoms with Crippen LogP contribution in [0, 0.1) is 17.1 Å². The lowest BCUT2D eigenvalue weighted by atomic mass is 10.1. The number of benzene rings is 1. The van der Waals surface area contributed by atoms with Crippen molar-refractivity contribution < 1.29 is 27.2 Å². The first-order valence-electron chi connectivity index (χ1n) is 11.7. The summed E-state index contributed by atoms with van der Waals surface area (Å²) in [6.45, 7) is 0.426. The van der Waals surface area contributed by atoms with Crippen molar-refractivity contribution in [2.75, 3.05) is 22.9 Å². The van der Waals surface area contributed by atoms with Crippen LogP contribution >= 0.6 is 12.2 Å². The van der Waals surface area contributed by atoms with Crippen molar-refractivity contribution in [1.29, 1.82) is 5.26 Å². The molecule has 0 aliphatic carbocycles. The number of amides is 2. The molecule has 0 spiro atoms. The van der Waals surface area contributed by atoms with Gasteiger partial charge in [-0.3, -0.25) is 19.5 Å². The number of thiocarbonyl (C=S) groups is 1. The van der Waals surface area contributed by atoms with Gasteiger partial charge in [-0.1, -0.05) is 0 Å². The van der Waals surface area contributed by atoms with E-state index in [1.165, 1.54) is 23.1 Å². The van der Waals surface area contributed by atoms with Gasteiger partial charge in [-0.15, -0.1) is 0 Å². The molecular weight excluding hydrogens is 536 g/mol. The number of halogens is 4. The van der Waals surface area contributed by atoms with Crippen molar-refractivity contribution in [2.24, 2.45) is 0 Å². The summed E-state index contributed by atoms with van der Waals surface area (Å²) in [5.74, 6) is -2.01. The Morgan fingerprint density at radius 1 is 1.15 bits per heavy atom. The molecule has 1 saturated heterocycles. The van der Waals surface area contributed by atoms with E-state index in [1.54, 1.807) is 24.5 Å². The van der Waals surface area contributed by atoms with Gasteiger partial charge in [-0.2, -0.15) is 18.4 Å². The third kappa shape index (κ3) is 6.18. The molecular formula is C26H20F4N6O2S. The Balaban J connectivity index is 1.60. The SMILES string of the molecule is N#Cc1ncc(N2C(=O)CCCN(c3ccc(F)c(C(=O)NCCc4ccncc4)c3)C2=S)cc1C(F)(F)F. The molecule has 1 aromatic carbocycles. The molecule has 3 heterocycles. The van der Waals surface area contributed by atoms with Crippen LogP contribution < -0.4 is 15.1 Å². The highest BCUT2D eigenvalue weighted by atomic mass is 32.1. The van der Waals surface area contributed by atoms with Crippen molar-refractivity contribution in [2.45, 2.75) is 25.4 Å². The smallest absolute Gasteiger partial charge is 0.352 e. The Kier molecular flexibility index (Phi) is 8.15. The monoisotopic (exact) mass is 556 g/mol. The number of alkyl halides is 3. The van der Waals surface area contributed by atoms with E-state index in [-0.39, 0.29) is 48.0 Å². The van der Waals surface area contributed by atoms with Crippen LogP contribution in [0.1, 0.15) is 40.0 Å². The van der Waals surface area contributed by atoms with Gasteiger partial charge in [0.25, 0.3) is 5.91 Å². The molecule has 39 heavy (non-hydrogen) atoms. The molecule has 13 heteroatoms. The lowest BCUT2D eigenvalue weighted by Gasteiger charge is -2.30. The molecule has 0 bridgehead atoms. The first kappa shape index (κ1) is 27.6. The number of rotatable bonds is 6. The summed E-state index contributed by atoms with van der Waals surface area (Å²) < 4.78 is 55.2. The number of aromatic nitrogens is 2. The van der Waals surface area contributed by atoms with Gasteiger partial charge in [0.05, 0.1) is 23.0 Å². The first-order valence-corrected chi connectivity index (χ1v) is 12.1. The van der Waals surface area contributed by atoms with E-state index in [2.05, 4.69) is 15.3 Å². The van der Waals surface area contributed by atoms with E-state index in [0.29, 0.717) is 12.5 Å². The number of pyridine rings is 2. The average Bonchev–Trinajstić information content (AvgIpc) is 3.06. The summed E-state index contributed by atoms with van der Waals surface area (Å²) in [6, 6.07) is 9.34. The summed E-state index contributed by atoms with van der Waals surface area (Å²) in [7, 11) is 0. The van der Waals surface area contributed by atoms with Crippen molar-refractivity contribution in [3.63, 3.8) is 0 Å². The Morgan fingerprint density at radius 2 is 1.90 bits per heavy atom. The minimum absolute atomic E-state index is 0.0401. The Labute approximate surface area is 225 Å². The van der Waals surface area contributed by atoms with E-state index >= 15 is 0 Å². The number of carbonyl (C=O) groups excluding carboxylic acids is 2. The molecule has 1 aliphatic rings. The van der Waals surface area contributed by atoms with Crippen LogP contribution in [-0.2, 0) is 17.4 Å². The molecule has 2 amide bonds. The minimum atomic E-state index is -4.89. The highest BCUT2D eigenvalue weighted by molar-refractivity contribution is 7.81. The zero-order chi connectivity index (χ0) is 28.2. The quantitative estimate of drug-likeness (QED) is 0.355.